The summed E-state index contributed by atoms with van der Waals surface area (Å²) < 4.78 is 31.8. The minimum atomic E-state index is -3.94. The number of rotatable bonds is 6. The molecule has 1 amide bonds. The van der Waals surface area contributed by atoms with E-state index >= 15 is 0 Å². The highest BCUT2D eigenvalue weighted by Gasteiger charge is 2.25. The summed E-state index contributed by atoms with van der Waals surface area (Å²) in [4.78, 5) is 16.9. The van der Waals surface area contributed by atoms with E-state index in [0.717, 1.165) is 16.2 Å². The number of sulfonamides is 1. The zero-order chi connectivity index (χ0) is 19.7. The Labute approximate surface area is 163 Å². The monoisotopic (exact) mass is 428 g/mol. The lowest BCUT2D eigenvalue weighted by Crippen LogP contribution is -2.27. The number of aromatic nitrogens is 4. The first-order chi connectivity index (χ1) is 12.6. The molecule has 0 atom stereocenters. The third-order valence-corrected chi connectivity index (χ3v) is 6.63. The maximum Gasteiger partial charge on any atom is 0.270 e. The Morgan fingerprint density at radius 2 is 2.07 bits per heavy atom. The summed E-state index contributed by atoms with van der Waals surface area (Å²) >= 11 is 2.20. The van der Waals surface area contributed by atoms with Gasteiger partial charge in [-0.25, -0.2) is 8.42 Å². The van der Waals surface area contributed by atoms with Crippen LogP contribution in [0.4, 0.5) is 5.13 Å². The molecule has 3 aromatic heterocycles. The molecule has 0 aliphatic carbocycles. The average Bonchev–Trinajstić information content (AvgIpc) is 3.32. The number of carbonyl (C=O) groups excluding carboxylic acids is 1. The van der Waals surface area contributed by atoms with Crippen LogP contribution < -0.4 is 10.0 Å². The second-order valence-corrected chi connectivity index (χ2v) is 10.3. The van der Waals surface area contributed by atoms with Crippen molar-refractivity contribution in [3.63, 3.8) is 0 Å². The molecule has 0 fully saturated rings. The van der Waals surface area contributed by atoms with E-state index in [1.807, 2.05) is 17.5 Å². The van der Waals surface area contributed by atoms with E-state index in [2.05, 4.69) is 30.4 Å². The van der Waals surface area contributed by atoms with E-state index in [1.165, 1.54) is 11.3 Å². The summed E-state index contributed by atoms with van der Waals surface area (Å²) in [5.41, 5.74) is -0.638. The number of carbonyl (C=O) groups is 1. The predicted molar refractivity (Wildman–Crippen MR) is 99.6 cm³/mol. The van der Waals surface area contributed by atoms with Gasteiger partial charge in [-0.1, -0.05) is 43.3 Å². The van der Waals surface area contributed by atoms with Gasteiger partial charge < -0.3 is 9.84 Å². The van der Waals surface area contributed by atoms with Crippen LogP contribution in [0.5, 0.6) is 0 Å². The Bertz CT molecular complexity index is 1030. The van der Waals surface area contributed by atoms with Gasteiger partial charge >= 0.3 is 0 Å². The molecule has 0 bridgehead atoms. The summed E-state index contributed by atoms with van der Waals surface area (Å²) in [5, 5.41) is 15.6. The van der Waals surface area contributed by atoms with Crippen molar-refractivity contribution in [2.45, 2.75) is 31.7 Å². The fourth-order valence-corrected chi connectivity index (χ4v) is 4.26. The van der Waals surface area contributed by atoms with Gasteiger partial charge in [0, 0.05) is 5.41 Å². The molecule has 3 heterocycles. The van der Waals surface area contributed by atoms with E-state index < -0.39 is 15.4 Å². The molecule has 0 aliphatic rings. The molecule has 3 rings (SSSR count). The Morgan fingerprint density at radius 3 is 2.74 bits per heavy atom. The highest BCUT2D eigenvalue weighted by molar-refractivity contribution is 7.91. The van der Waals surface area contributed by atoms with Crippen LogP contribution in [-0.2, 0) is 21.4 Å². The van der Waals surface area contributed by atoms with Crippen LogP contribution in [0.15, 0.2) is 26.4 Å². The summed E-state index contributed by atoms with van der Waals surface area (Å²) in [7, 11) is -3.94. The van der Waals surface area contributed by atoms with Gasteiger partial charge in [0.05, 0.1) is 11.4 Å². The smallest absolute Gasteiger partial charge is 0.270 e. The molecule has 27 heavy (non-hydrogen) atoms. The molecular formula is C14H16N6O4S3. The summed E-state index contributed by atoms with van der Waals surface area (Å²) in [6.45, 7) is 5.01. The summed E-state index contributed by atoms with van der Waals surface area (Å²) in [6, 6.07) is 3.68. The second-order valence-electron chi connectivity index (χ2n) is 6.39. The fraction of sp³-hybridized carbons (Fsp3) is 0.357. The SMILES string of the molecule is CC(C)(C)C(=O)Nc1nnc(S(=O)(=O)NCc2nc(-c3cccs3)no2)s1. The van der Waals surface area contributed by atoms with Gasteiger partial charge in [-0.15, -0.1) is 21.5 Å². The normalized spacial score (nSPS) is 12.3. The number of nitrogens with zero attached hydrogens (tertiary/aromatic N) is 4. The summed E-state index contributed by atoms with van der Waals surface area (Å²) in [6.07, 6.45) is 0. The molecule has 2 N–H and O–H groups in total. The van der Waals surface area contributed by atoms with Crippen molar-refractivity contribution in [1.29, 1.82) is 0 Å². The van der Waals surface area contributed by atoms with E-state index in [1.54, 1.807) is 20.8 Å². The number of amides is 1. The predicted octanol–water partition coefficient (Wildman–Crippen LogP) is 2.11. The molecule has 0 unspecified atom stereocenters. The van der Waals surface area contributed by atoms with Crippen molar-refractivity contribution in [1.82, 2.24) is 25.1 Å². The van der Waals surface area contributed by atoms with Crippen LogP contribution in [0.1, 0.15) is 26.7 Å². The van der Waals surface area contributed by atoms with Crippen molar-refractivity contribution in [3.05, 3.63) is 23.4 Å². The van der Waals surface area contributed by atoms with Crippen molar-refractivity contribution < 1.29 is 17.7 Å². The van der Waals surface area contributed by atoms with Crippen LogP contribution in [0.3, 0.4) is 0 Å². The second kappa shape index (κ2) is 7.42. The number of hydrogen-bond acceptors (Lipinski definition) is 10. The first-order valence-corrected chi connectivity index (χ1v) is 10.8. The van der Waals surface area contributed by atoms with E-state index in [-0.39, 0.29) is 27.8 Å². The standard InChI is InChI=1S/C14H16N6O4S3/c1-14(2,3)11(21)17-12-18-19-13(26-12)27(22,23)15-7-9-16-10(20-24-9)8-5-4-6-25-8/h4-6,15H,7H2,1-3H3,(H,17,18,21). The average molecular weight is 429 g/mol. The van der Waals surface area contributed by atoms with Crippen LogP contribution in [0.25, 0.3) is 10.7 Å². The van der Waals surface area contributed by atoms with Crippen molar-refractivity contribution in [3.8, 4) is 10.7 Å². The molecule has 13 heteroatoms. The third kappa shape index (κ3) is 4.74. The number of anilines is 1. The highest BCUT2D eigenvalue weighted by Crippen LogP contribution is 2.24. The van der Waals surface area contributed by atoms with Crippen LogP contribution in [-0.4, -0.2) is 34.7 Å². The number of nitrogens with one attached hydrogen (secondary N) is 2. The zero-order valence-electron chi connectivity index (χ0n) is 14.6. The van der Waals surface area contributed by atoms with E-state index in [9.17, 15) is 13.2 Å². The first kappa shape index (κ1) is 19.5. The molecule has 0 aliphatic heterocycles. The molecule has 0 aromatic carbocycles. The quantitative estimate of drug-likeness (QED) is 0.569. The van der Waals surface area contributed by atoms with Gasteiger partial charge in [-0.05, 0) is 11.4 Å². The summed E-state index contributed by atoms with van der Waals surface area (Å²) in [5.74, 6) is 0.220. The molecule has 0 spiro atoms. The zero-order valence-corrected chi connectivity index (χ0v) is 17.0. The lowest BCUT2D eigenvalue weighted by molar-refractivity contribution is -0.123. The van der Waals surface area contributed by atoms with E-state index in [0.29, 0.717) is 5.82 Å². The van der Waals surface area contributed by atoms with Crippen LogP contribution >= 0.6 is 22.7 Å². The molecule has 0 saturated heterocycles. The minimum Gasteiger partial charge on any atom is -0.337 e. The van der Waals surface area contributed by atoms with Gasteiger partial charge in [-0.2, -0.15) is 9.71 Å². The fourth-order valence-electron chi connectivity index (χ4n) is 1.70. The minimum absolute atomic E-state index is 0.105. The molecular weight excluding hydrogens is 412 g/mol. The van der Waals surface area contributed by atoms with Gasteiger partial charge in [0.25, 0.3) is 10.0 Å². The molecule has 3 aromatic rings. The van der Waals surface area contributed by atoms with Crippen molar-refractivity contribution in [2.24, 2.45) is 5.41 Å². The van der Waals surface area contributed by atoms with Crippen molar-refractivity contribution >= 4 is 43.7 Å². The van der Waals surface area contributed by atoms with Crippen LogP contribution in [0, 0.1) is 5.41 Å². The lowest BCUT2D eigenvalue weighted by atomic mass is 9.96. The largest absolute Gasteiger partial charge is 0.337 e. The van der Waals surface area contributed by atoms with E-state index in [4.69, 9.17) is 4.52 Å². The van der Waals surface area contributed by atoms with Gasteiger partial charge in [-0.3, -0.25) is 4.79 Å². The number of thiophene rings is 1. The third-order valence-electron chi connectivity index (χ3n) is 3.16. The highest BCUT2D eigenvalue weighted by atomic mass is 32.2. The van der Waals surface area contributed by atoms with Gasteiger partial charge in [0.15, 0.2) is 0 Å². The Balaban J connectivity index is 1.64. The number of hydrogen-bond donors (Lipinski definition) is 2. The molecule has 10 nitrogen and oxygen atoms in total. The Hall–Kier alpha value is -2.22. The Kier molecular flexibility index (Phi) is 5.37. The van der Waals surface area contributed by atoms with Gasteiger partial charge in [0.1, 0.15) is 0 Å². The maximum atomic E-state index is 12.3. The molecule has 0 radical (unpaired) electrons. The van der Waals surface area contributed by atoms with Crippen LogP contribution in [0.2, 0.25) is 0 Å². The molecule has 144 valence electrons. The topological polar surface area (TPSA) is 140 Å². The molecule has 0 saturated carbocycles. The Morgan fingerprint density at radius 1 is 1.30 bits per heavy atom. The van der Waals surface area contributed by atoms with Gasteiger partial charge in [0.2, 0.25) is 27.1 Å². The maximum absolute atomic E-state index is 12.3. The van der Waals surface area contributed by atoms with Crippen molar-refractivity contribution in [2.75, 3.05) is 5.32 Å². The lowest BCUT2D eigenvalue weighted by Gasteiger charge is -2.15. The first-order valence-electron chi connectivity index (χ1n) is 7.66.